The highest BCUT2D eigenvalue weighted by Crippen LogP contribution is 2.40. The number of rotatable bonds is 5. The summed E-state index contributed by atoms with van der Waals surface area (Å²) in [6.07, 6.45) is 5.86. The fraction of sp³-hybridized carbons (Fsp3) is 0.391. The first-order valence-electron chi connectivity index (χ1n) is 10.9. The van der Waals surface area contributed by atoms with Crippen molar-refractivity contribution in [1.82, 2.24) is 9.29 Å². The molecule has 168 valence electrons. The van der Waals surface area contributed by atoms with Crippen LogP contribution in [0.4, 0.5) is 5.69 Å². The van der Waals surface area contributed by atoms with Crippen LogP contribution in [0.15, 0.2) is 45.7 Å². The molecule has 1 aliphatic heterocycles. The standard InChI is InChI=1S/C23H24ClN3O4S/c24-18-9-7-16(13-21(18)32(29,30)27-11-3-1-2-4-12-27)22(28)25-17-8-10-20-19(14-17)26-23(31-20)15-5-6-15/h7-10,13-15H,1-6,11-12H2,(H,25,28). The molecule has 0 atom stereocenters. The maximum absolute atomic E-state index is 13.2. The molecule has 2 aliphatic rings. The van der Waals surface area contributed by atoms with Crippen molar-refractivity contribution in [1.29, 1.82) is 0 Å². The van der Waals surface area contributed by atoms with Gasteiger partial charge in [0.25, 0.3) is 5.91 Å². The number of aromatic nitrogens is 1. The van der Waals surface area contributed by atoms with Gasteiger partial charge in [0, 0.05) is 30.3 Å². The smallest absolute Gasteiger partial charge is 0.255 e. The lowest BCUT2D eigenvalue weighted by molar-refractivity contribution is 0.102. The SMILES string of the molecule is O=C(Nc1ccc2oc(C3CC3)nc2c1)c1ccc(Cl)c(S(=O)(=O)N2CCCCCC2)c1. The van der Waals surface area contributed by atoms with Crippen molar-refractivity contribution in [3.63, 3.8) is 0 Å². The zero-order valence-corrected chi connectivity index (χ0v) is 19.1. The number of nitrogens with zero attached hydrogens (tertiary/aromatic N) is 2. The molecule has 1 amide bonds. The predicted octanol–water partition coefficient (Wildman–Crippen LogP) is 5.18. The van der Waals surface area contributed by atoms with Crippen LogP contribution < -0.4 is 5.32 Å². The second kappa shape index (κ2) is 8.50. The average Bonchev–Trinajstić information content (AvgIpc) is 3.58. The van der Waals surface area contributed by atoms with Crippen LogP contribution in [-0.2, 0) is 10.0 Å². The Kier molecular flexibility index (Phi) is 5.69. The van der Waals surface area contributed by atoms with Crippen molar-refractivity contribution in [3.8, 4) is 0 Å². The number of sulfonamides is 1. The summed E-state index contributed by atoms with van der Waals surface area (Å²) in [5, 5.41) is 2.93. The van der Waals surface area contributed by atoms with E-state index in [9.17, 15) is 13.2 Å². The number of carbonyl (C=O) groups excluding carboxylic acids is 1. The quantitative estimate of drug-likeness (QED) is 0.551. The molecule has 0 radical (unpaired) electrons. The van der Waals surface area contributed by atoms with E-state index >= 15 is 0 Å². The molecule has 32 heavy (non-hydrogen) atoms. The summed E-state index contributed by atoms with van der Waals surface area (Å²) in [5.74, 6) is 0.725. The average molecular weight is 474 g/mol. The number of nitrogens with one attached hydrogen (secondary N) is 1. The van der Waals surface area contributed by atoms with Crippen LogP contribution in [0.25, 0.3) is 11.1 Å². The van der Waals surface area contributed by atoms with Gasteiger partial charge in [-0.2, -0.15) is 4.31 Å². The van der Waals surface area contributed by atoms with Gasteiger partial charge in [0.05, 0.1) is 5.02 Å². The van der Waals surface area contributed by atoms with Gasteiger partial charge in [-0.05, 0) is 62.1 Å². The second-order valence-electron chi connectivity index (χ2n) is 8.43. The summed E-state index contributed by atoms with van der Waals surface area (Å²) in [7, 11) is -3.77. The van der Waals surface area contributed by atoms with E-state index in [4.69, 9.17) is 16.0 Å². The van der Waals surface area contributed by atoms with Gasteiger partial charge in [-0.15, -0.1) is 0 Å². The molecule has 0 unspecified atom stereocenters. The molecule has 7 nitrogen and oxygen atoms in total. The van der Waals surface area contributed by atoms with Crippen LogP contribution in [0.1, 0.15) is 60.7 Å². The minimum absolute atomic E-state index is 0.0326. The molecule has 1 N–H and O–H groups in total. The maximum atomic E-state index is 13.2. The van der Waals surface area contributed by atoms with Gasteiger partial charge in [-0.25, -0.2) is 13.4 Å². The fourth-order valence-electron chi connectivity index (χ4n) is 3.99. The molecule has 1 saturated heterocycles. The Morgan fingerprint density at radius 1 is 1.06 bits per heavy atom. The Labute approximate surface area is 191 Å². The molecule has 2 heterocycles. The molecule has 5 rings (SSSR count). The summed E-state index contributed by atoms with van der Waals surface area (Å²) in [6, 6.07) is 9.63. The summed E-state index contributed by atoms with van der Waals surface area (Å²) < 4.78 is 33.6. The van der Waals surface area contributed by atoms with E-state index in [1.54, 1.807) is 18.2 Å². The zero-order valence-electron chi connectivity index (χ0n) is 17.5. The number of carbonyl (C=O) groups is 1. The Morgan fingerprint density at radius 3 is 2.53 bits per heavy atom. The highest BCUT2D eigenvalue weighted by Gasteiger charge is 2.29. The van der Waals surface area contributed by atoms with Crippen LogP contribution in [0.5, 0.6) is 0 Å². The first kappa shape index (κ1) is 21.4. The lowest BCUT2D eigenvalue weighted by atomic mass is 10.2. The van der Waals surface area contributed by atoms with E-state index in [2.05, 4.69) is 10.3 Å². The van der Waals surface area contributed by atoms with Crippen LogP contribution in [-0.4, -0.2) is 36.7 Å². The molecule has 1 saturated carbocycles. The summed E-state index contributed by atoms with van der Waals surface area (Å²) in [5.41, 5.74) is 2.15. The third-order valence-corrected chi connectivity index (χ3v) is 8.35. The van der Waals surface area contributed by atoms with Crippen molar-refractivity contribution in [3.05, 3.63) is 52.9 Å². The number of hydrogen-bond acceptors (Lipinski definition) is 5. The molecule has 0 spiro atoms. The van der Waals surface area contributed by atoms with Crippen molar-refractivity contribution < 1.29 is 17.6 Å². The largest absolute Gasteiger partial charge is 0.440 e. The van der Waals surface area contributed by atoms with Crippen LogP contribution in [0.2, 0.25) is 5.02 Å². The predicted molar refractivity (Wildman–Crippen MR) is 123 cm³/mol. The second-order valence-corrected chi connectivity index (χ2v) is 10.7. The number of oxazole rings is 1. The van der Waals surface area contributed by atoms with Gasteiger partial charge in [-0.3, -0.25) is 4.79 Å². The van der Waals surface area contributed by atoms with Crippen LogP contribution >= 0.6 is 11.6 Å². The van der Waals surface area contributed by atoms with E-state index < -0.39 is 15.9 Å². The van der Waals surface area contributed by atoms with Gasteiger partial charge in [0.15, 0.2) is 11.5 Å². The van der Waals surface area contributed by atoms with E-state index in [1.807, 2.05) is 0 Å². The molecule has 9 heteroatoms. The Hall–Kier alpha value is -2.42. The first-order valence-corrected chi connectivity index (χ1v) is 12.8. The van der Waals surface area contributed by atoms with Crippen molar-refractivity contribution in [2.24, 2.45) is 0 Å². The summed E-state index contributed by atoms with van der Waals surface area (Å²) >= 11 is 6.25. The van der Waals surface area contributed by atoms with Crippen molar-refractivity contribution >= 4 is 44.3 Å². The Bertz CT molecular complexity index is 1280. The lowest BCUT2D eigenvalue weighted by Gasteiger charge is -2.21. The number of benzene rings is 2. The molecule has 2 fully saturated rings. The molecular formula is C23H24ClN3O4S. The highest BCUT2D eigenvalue weighted by atomic mass is 35.5. The van der Waals surface area contributed by atoms with Gasteiger partial charge >= 0.3 is 0 Å². The van der Waals surface area contributed by atoms with Crippen molar-refractivity contribution in [2.45, 2.75) is 49.3 Å². The zero-order chi connectivity index (χ0) is 22.3. The van der Waals surface area contributed by atoms with Gasteiger partial charge < -0.3 is 9.73 Å². The van der Waals surface area contributed by atoms with Gasteiger partial charge in [0.1, 0.15) is 10.4 Å². The number of amides is 1. The number of anilines is 1. The van der Waals surface area contributed by atoms with E-state index in [0.717, 1.165) is 44.4 Å². The maximum Gasteiger partial charge on any atom is 0.255 e. The highest BCUT2D eigenvalue weighted by molar-refractivity contribution is 7.89. The monoisotopic (exact) mass is 473 g/mol. The topological polar surface area (TPSA) is 92.5 Å². The number of halogens is 1. The number of hydrogen-bond donors (Lipinski definition) is 1. The summed E-state index contributed by atoms with van der Waals surface area (Å²) in [4.78, 5) is 17.4. The summed E-state index contributed by atoms with van der Waals surface area (Å²) in [6.45, 7) is 0.936. The van der Waals surface area contributed by atoms with Crippen LogP contribution in [0, 0.1) is 0 Å². The van der Waals surface area contributed by atoms with Crippen molar-refractivity contribution in [2.75, 3.05) is 18.4 Å². The number of fused-ring (bicyclic) bond motifs is 1. The lowest BCUT2D eigenvalue weighted by Crippen LogP contribution is -2.32. The van der Waals surface area contributed by atoms with Gasteiger partial charge in [0.2, 0.25) is 10.0 Å². The minimum atomic E-state index is -3.77. The Morgan fingerprint density at radius 2 is 1.81 bits per heavy atom. The van der Waals surface area contributed by atoms with Crippen LogP contribution in [0.3, 0.4) is 0 Å². The minimum Gasteiger partial charge on any atom is -0.440 e. The van der Waals surface area contributed by atoms with E-state index in [0.29, 0.717) is 35.8 Å². The fourth-order valence-corrected chi connectivity index (χ4v) is 6.01. The normalized spacial score (nSPS) is 17.9. The molecule has 1 aromatic heterocycles. The Balaban J connectivity index is 1.38. The molecular weight excluding hydrogens is 450 g/mol. The third-order valence-electron chi connectivity index (χ3n) is 5.96. The van der Waals surface area contributed by atoms with Gasteiger partial charge in [-0.1, -0.05) is 24.4 Å². The van der Waals surface area contributed by atoms with E-state index in [-0.39, 0.29) is 15.5 Å². The molecule has 1 aliphatic carbocycles. The third kappa shape index (κ3) is 4.27. The first-order chi connectivity index (χ1) is 15.4. The molecule has 3 aromatic rings. The van der Waals surface area contributed by atoms with E-state index in [1.165, 1.54) is 22.5 Å². The molecule has 0 bridgehead atoms. The molecule has 2 aromatic carbocycles.